The number of nitrogens with zero attached hydrogens (tertiary/aromatic N) is 1. The Labute approximate surface area is 108 Å². The summed E-state index contributed by atoms with van der Waals surface area (Å²) in [6, 6.07) is 7.87. The Balaban J connectivity index is 1.98. The van der Waals surface area contributed by atoms with E-state index in [-0.39, 0.29) is 0 Å². The van der Waals surface area contributed by atoms with Crippen molar-refractivity contribution in [3.05, 3.63) is 35.4 Å². The lowest BCUT2D eigenvalue weighted by Gasteiger charge is -2.27. The molecule has 0 radical (unpaired) electrons. The van der Waals surface area contributed by atoms with Crippen LogP contribution in [-0.2, 0) is 6.54 Å². The number of hydrogen-bond donors (Lipinski definition) is 1. The van der Waals surface area contributed by atoms with Crippen molar-refractivity contribution in [2.75, 3.05) is 7.05 Å². The van der Waals surface area contributed by atoms with Crippen LogP contribution in [0, 0.1) is 5.92 Å². The molecule has 1 saturated carbocycles. The summed E-state index contributed by atoms with van der Waals surface area (Å²) < 4.78 is 0. The molecule has 1 aliphatic rings. The average Bonchev–Trinajstić information content (AvgIpc) is 2.76. The fourth-order valence-corrected chi connectivity index (χ4v) is 2.94. The molecule has 0 aromatic heterocycles. The smallest absolute Gasteiger partial charge is 0.335 e. The minimum atomic E-state index is -0.862. The van der Waals surface area contributed by atoms with Crippen molar-refractivity contribution < 1.29 is 9.90 Å². The van der Waals surface area contributed by atoms with Crippen molar-refractivity contribution >= 4 is 5.97 Å². The molecule has 98 valence electrons. The zero-order valence-electron chi connectivity index (χ0n) is 11.1. The Bertz CT molecular complexity index is 413. The molecule has 0 bridgehead atoms. The summed E-state index contributed by atoms with van der Waals surface area (Å²) in [6.45, 7) is 3.22. The molecule has 0 amide bonds. The SMILES string of the molecule is CC1CCCC1N(C)Cc1ccc(C(=O)O)cc1. The second-order valence-electron chi connectivity index (χ2n) is 5.39. The largest absolute Gasteiger partial charge is 0.478 e. The van der Waals surface area contributed by atoms with E-state index in [0.717, 1.165) is 12.5 Å². The normalized spacial score (nSPS) is 23.5. The number of rotatable bonds is 4. The van der Waals surface area contributed by atoms with E-state index >= 15 is 0 Å². The van der Waals surface area contributed by atoms with Gasteiger partial charge < -0.3 is 5.11 Å². The number of carboxylic acids is 1. The Morgan fingerprint density at radius 3 is 2.50 bits per heavy atom. The molecular formula is C15H21NO2. The topological polar surface area (TPSA) is 40.5 Å². The van der Waals surface area contributed by atoms with E-state index in [1.165, 1.54) is 24.8 Å². The second kappa shape index (κ2) is 5.53. The molecular weight excluding hydrogens is 226 g/mol. The lowest BCUT2D eigenvalue weighted by Crippen LogP contribution is -2.32. The van der Waals surface area contributed by atoms with E-state index in [2.05, 4.69) is 18.9 Å². The van der Waals surface area contributed by atoms with E-state index in [1.807, 2.05) is 12.1 Å². The minimum absolute atomic E-state index is 0.357. The van der Waals surface area contributed by atoms with Crippen LogP contribution in [0.25, 0.3) is 0 Å². The number of hydrogen-bond acceptors (Lipinski definition) is 2. The molecule has 1 aromatic carbocycles. The molecule has 1 aromatic rings. The zero-order chi connectivity index (χ0) is 13.1. The van der Waals surface area contributed by atoms with Gasteiger partial charge in [-0.15, -0.1) is 0 Å². The van der Waals surface area contributed by atoms with Crippen LogP contribution in [0.3, 0.4) is 0 Å². The van der Waals surface area contributed by atoms with Crippen molar-refractivity contribution in [3.63, 3.8) is 0 Å². The highest BCUT2D eigenvalue weighted by atomic mass is 16.4. The summed E-state index contributed by atoms with van der Waals surface area (Å²) in [5.41, 5.74) is 1.54. The van der Waals surface area contributed by atoms with Crippen LogP contribution < -0.4 is 0 Å². The third-order valence-electron chi connectivity index (χ3n) is 4.02. The van der Waals surface area contributed by atoms with E-state index < -0.39 is 5.97 Å². The Hall–Kier alpha value is -1.35. The maximum absolute atomic E-state index is 10.8. The Morgan fingerprint density at radius 1 is 1.33 bits per heavy atom. The summed E-state index contributed by atoms with van der Waals surface area (Å²) in [6.07, 6.45) is 3.94. The van der Waals surface area contributed by atoms with Crippen LogP contribution in [0.5, 0.6) is 0 Å². The van der Waals surface area contributed by atoms with Gasteiger partial charge in [-0.1, -0.05) is 25.5 Å². The van der Waals surface area contributed by atoms with Gasteiger partial charge in [0.15, 0.2) is 0 Å². The van der Waals surface area contributed by atoms with Gasteiger partial charge in [0.1, 0.15) is 0 Å². The van der Waals surface area contributed by atoms with Crippen LogP contribution in [0.4, 0.5) is 0 Å². The molecule has 1 N–H and O–H groups in total. The highest BCUT2D eigenvalue weighted by molar-refractivity contribution is 5.87. The molecule has 2 unspecified atom stereocenters. The van der Waals surface area contributed by atoms with Crippen molar-refractivity contribution in [2.45, 2.75) is 38.8 Å². The lowest BCUT2D eigenvalue weighted by molar-refractivity contribution is 0.0697. The fraction of sp³-hybridized carbons (Fsp3) is 0.533. The summed E-state index contributed by atoms with van der Waals surface area (Å²) in [7, 11) is 2.16. The molecule has 0 saturated heterocycles. The van der Waals surface area contributed by atoms with E-state index in [1.54, 1.807) is 12.1 Å². The molecule has 0 spiro atoms. The highest BCUT2D eigenvalue weighted by Crippen LogP contribution is 2.29. The standard InChI is InChI=1S/C15H21NO2/c1-11-4-3-5-14(11)16(2)10-12-6-8-13(9-7-12)15(17)18/h6-9,11,14H,3-5,10H2,1-2H3,(H,17,18). The molecule has 18 heavy (non-hydrogen) atoms. The van der Waals surface area contributed by atoms with Crippen LogP contribution in [0.1, 0.15) is 42.1 Å². The predicted octanol–water partition coefficient (Wildman–Crippen LogP) is 3.01. The van der Waals surface area contributed by atoms with Gasteiger partial charge in [-0.25, -0.2) is 4.79 Å². The molecule has 1 aliphatic carbocycles. The summed E-state index contributed by atoms with van der Waals surface area (Å²) in [5.74, 6) is -0.0902. The minimum Gasteiger partial charge on any atom is -0.478 e. The monoisotopic (exact) mass is 247 g/mol. The first-order valence-electron chi connectivity index (χ1n) is 6.60. The fourth-order valence-electron chi connectivity index (χ4n) is 2.94. The van der Waals surface area contributed by atoms with Gasteiger partial charge >= 0.3 is 5.97 Å². The molecule has 0 aliphatic heterocycles. The second-order valence-corrected chi connectivity index (χ2v) is 5.39. The van der Waals surface area contributed by atoms with Gasteiger partial charge in [-0.05, 0) is 43.5 Å². The van der Waals surface area contributed by atoms with Gasteiger partial charge in [0.2, 0.25) is 0 Å². The predicted molar refractivity (Wildman–Crippen MR) is 71.7 cm³/mol. The molecule has 2 rings (SSSR count). The third kappa shape index (κ3) is 2.91. The summed E-state index contributed by atoms with van der Waals surface area (Å²) in [5, 5.41) is 8.85. The third-order valence-corrected chi connectivity index (χ3v) is 4.02. The number of carbonyl (C=O) groups is 1. The van der Waals surface area contributed by atoms with Crippen molar-refractivity contribution in [3.8, 4) is 0 Å². The summed E-state index contributed by atoms with van der Waals surface area (Å²) in [4.78, 5) is 13.2. The highest BCUT2D eigenvalue weighted by Gasteiger charge is 2.26. The molecule has 3 nitrogen and oxygen atoms in total. The van der Waals surface area contributed by atoms with E-state index in [0.29, 0.717) is 11.6 Å². The number of aromatic carboxylic acids is 1. The van der Waals surface area contributed by atoms with Crippen LogP contribution in [-0.4, -0.2) is 29.1 Å². The van der Waals surface area contributed by atoms with Crippen LogP contribution >= 0.6 is 0 Å². The number of benzene rings is 1. The molecule has 3 heteroatoms. The van der Waals surface area contributed by atoms with Gasteiger partial charge in [0, 0.05) is 12.6 Å². The lowest BCUT2D eigenvalue weighted by atomic mass is 10.0. The average molecular weight is 247 g/mol. The Kier molecular flexibility index (Phi) is 4.02. The van der Waals surface area contributed by atoms with Crippen molar-refractivity contribution in [2.24, 2.45) is 5.92 Å². The van der Waals surface area contributed by atoms with E-state index in [4.69, 9.17) is 5.11 Å². The maximum atomic E-state index is 10.8. The first kappa shape index (κ1) is 13.1. The van der Waals surface area contributed by atoms with Gasteiger partial charge in [-0.3, -0.25) is 4.90 Å². The van der Waals surface area contributed by atoms with Gasteiger partial charge in [-0.2, -0.15) is 0 Å². The van der Waals surface area contributed by atoms with E-state index in [9.17, 15) is 4.79 Å². The van der Waals surface area contributed by atoms with Crippen molar-refractivity contribution in [1.29, 1.82) is 0 Å². The zero-order valence-corrected chi connectivity index (χ0v) is 11.1. The van der Waals surface area contributed by atoms with Gasteiger partial charge in [0.25, 0.3) is 0 Å². The summed E-state index contributed by atoms with van der Waals surface area (Å²) >= 11 is 0. The van der Waals surface area contributed by atoms with Gasteiger partial charge in [0.05, 0.1) is 5.56 Å². The van der Waals surface area contributed by atoms with Crippen LogP contribution in [0.2, 0.25) is 0 Å². The first-order chi connectivity index (χ1) is 8.58. The quantitative estimate of drug-likeness (QED) is 0.889. The van der Waals surface area contributed by atoms with Crippen molar-refractivity contribution in [1.82, 2.24) is 4.90 Å². The molecule has 1 fully saturated rings. The van der Waals surface area contributed by atoms with Crippen LogP contribution in [0.15, 0.2) is 24.3 Å². The number of carboxylic acid groups (broad SMARTS) is 1. The first-order valence-corrected chi connectivity index (χ1v) is 6.60. The molecule has 2 atom stereocenters. The maximum Gasteiger partial charge on any atom is 0.335 e. The molecule has 0 heterocycles. The Morgan fingerprint density at radius 2 is 2.00 bits per heavy atom.